The van der Waals surface area contributed by atoms with E-state index in [4.69, 9.17) is 9.84 Å². The second-order valence-electron chi connectivity index (χ2n) is 6.86. The maximum absolute atomic E-state index is 12.8. The number of carbonyl (C=O) groups is 2. The minimum atomic E-state index is -0.903. The van der Waals surface area contributed by atoms with Gasteiger partial charge in [0.15, 0.2) is 0 Å². The molecule has 0 fully saturated rings. The molecule has 1 heterocycles. The van der Waals surface area contributed by atoms with Crippen molar-refractivity contribution in [2.45, 2.75) is 38.6 Å². The third kappa shape index (κ3) is 4.39. The molecule has 1 aliphatic rings. The summed E-state index contributed by atoms with van der Waals surface area (Å²) in [5, 5.41) is 14.9. The number of carboxylic acids is 1. The second-order valence-corrected chi connectivity index (χ2v) is 6.86. The average molecular weight is 380 g/mol. The lowest BCUT2D eigenvalue weighted by atomic mass is 9.97. The molecule has 1 amide bonds. The monoisotopic (exact) mass is 380 g/mol. The number of ether oxygens (including phenoxy) is 1. The summed E-state index contributed by atoms with van der Waals surface area (Å²) in [5.74, 6) is -0.380. The quantitative estimate of drug-likeness (QED) is 0.789. The molecule has 6 heteroatoms. The molecule has 3 rings (SSSR count). The van der Waals surface area contributed by atoms with Crippen LogP contribution < -0.4 is 4.74 Å². The van der Waals surface area contributed by atoms with Gasteiger partial charge in [0.25, 0.3) is 0 Å². The lowest BCUT2D eigenvalue weighted by Gasteiger charge is -2.23. The van der Waals surface area contributed by atoms with Crippen LogP contribution in [0.3, 0.4) is 0 Å². The van der Waals surface area contributed by atoms with Crippen LogP contribution in [-0.2, 0) is 9.59 Å². The number of hydrogen-bond donors (Lipinski definition) is 1. The Morgan fingerprint density at radius 3 is 2.54 bits per heavy atom. The summed E-state index contributed by atoms with van der Waals surface area (Å²) in [6.45, 7) is 2.02. The largest absolute Gasteiger partial charge is 0.496 e. The van der Waals surface area contributed by atoms with Crippen LogP contribution in [0.25, 0.3) is 0 Å². The lowest BCUT2D eigenvalue weighted by molar-refractivity contribution is -0.137. The van der Waals surface area contributed by atoms with Crippen LogP contribution in [0.4, 0.5) is 0 Å². The van der Waals surface area contributed by atoms with Gasteiger partial charge in [-0.1, -0.05) is 48.0 Å². The molecule has 1 aliphatic heterocycles. The fraction of sp³-hybridized carbons (Fsp3) is 0.318. The summed E-state index contributed by atoms with van der Waals surface area (Å²) in [5.41, 5.74) is 3.86. The van der Waals surface area contributed by atoms with E-state index in [1.165, 1.54) is 5.01 Å². The number of carboxylic acid groups (broad SMARTS) is 1. The van der Waals surface area contributed by atoms with Crippen LogP contribution >= 0.6 is 0 Å². The fourth-order valence-corrected chi connectivity index (χ4v) is 3.35. The molecule has 6 nitrogen and oxygen atoms in total. The number of aryl methyl sites for hydroxylation is 1. The van der Waals surface area contributed by atoms with E-state index in [9.17, 15) is 9.59 Å². The standard InChI is InChI=1S/C22H24N2O4/c1-15-10-12-16(13-11-15)18-14-19(17-6-3-4-7-20(17)28-2)24(23-18)21(25)8-5-9-22(26)27/h3-4,6-7,10-13,19H,5,8-9,14H2,1-2H3,(H,26,27). The van der Waals surface area contributed by atoms with Crippen molar-refractivity contribution in [2.24, 2.45) is 5.10 Å². The van der Waals surface area contributed by atoms with Crippen LogP contribution in [-0.4, -0.2) is 34.8 Å². The van der Waals surface area contributed by atoms with Crippen LogP contribution in [0.5, 0.6) is 5.75 Å². The topological polar surface area (TPSA) is 79.2 Å². The van der Waals surface area contributed by atoms with Gasteiger partial charge in [-0.15, -0.1) is 0 Å². The van der Waals surface area contributed by atoms with Crippen molar-refractivity contribution in [3.8, 4) is 5.75 Å². The number of methoxy groups -OCH3 is 1. The minimum absolute atomic E-state index is 0.0343. The van der Waals surface area contributed by atoms with Crippen molar-refractivity contribution in [3.05, 3.63) is 65.2 Å². The van der Waals surface area contributed by atoms with Crippen molar-refractivity contribution in [1.29, 1.82) is 0 Å². The number of aliphatic carboxylic acids is 1. The van der Waals surface area contributed by atoms with Gasteiger partial charge in [-0.25, -0.2) is 5.01 Å². The number of benzene rings is 2. The molecular formula is C22H24N2O4. The number of hydrazone groups is 1. The number of para-hydroxylation sites is 1. The molecule has 1 atom stereocenters. The molecule has 2 aromatic rings. The van der Waals surface area contributed by atoms with Crippen molar-refractivity contribution >= 4 is 17.6 Å². The Balaban J connectivity index is 1.90. The predicted molar refractivity (Wildman–Crippen MR) is 106 cm³/mol. The van der Waals surface area contributed by atoms with E-state index in [1.54, 1.807) is 7.11 Å². The average Bonchev–Trinajstić information content (AvgIpc) is 3.13. The molecule has 0 aromatic heterocycles. The predicted octanol–water partition coefficient (Wildman–Crippen LogP) is 3.94. The van der Waals surface area contributed by atoms with Gasteiger partial charge in [0, 0.05) is 24.8 Å². The highest BCUT2D eigenvalue weighted by Crippen LogP contribution is 2.37. The van der Waals surface area contributed by atoms with E-state index in [0.29, 0.717) is 18.6 Å². The van der Waals surface area contributed by atoms with Crippen molar-refractivity contribution < 1.29 is 19.4 Å². The number of hydrogen-bond acceptors (Lipinski definition) is 4. The molecule has 28 heavy (non-hydrogen) atoms. The third-order valence-corrected chi connectivity index (χ3v) is 4.83. The van der Waals surface area contributed by atoms with Gasteiger partial charge in [-0.2, -0.15) is 5.10 Å². The summed E-state index contributed by atoms with van der Waals surface area (Å²) < 4.78 is 5.49. The fourth-order valence-electron chi connectivity index (χ4n) is 3.35. The molecular weight excluding hydrogens is 356 g/mol. The summed E-state index contributed by atoms with van der Waals surface area (Å²) >= 11 is 0. The van der Waals surface area contributed by atoms with Gasteiger partial charge >= 0.3 is 5.97 Å². The first-order chi connectivity index (χ1) is 13.5. The summed E-state index contributed by atoms with van der Waals surface area (Å²) in [7, 11) is 1.61. The van der Waals surface area contributed by atoms with Crippen molar-refractivity contribution in [3.63, 3.8) is 0 Å². The summed E-state index contributed by atoms with van der Waals surface area (Å²) in [6, 6.07) is 15.4. The van der Waals surface area contributed by atoms with E-state index in [-0.39, 0.29) is 24.8 Å². The molecule has 0 spiro atoms. The molecule has 2 aromatic carbocycles. The summed E-state index contributed by atoms with van der Waals surface area (Å²) in [6.07, 6.45) is 0.975. The smallest absolute Gasteiger partial charge is 0.303 e. The SMILES string of the molecule is COc1ccccc1C1CC(c2ccc(C)cc2)=NN1C(=O)CCCC(=O)O. The lowest BCUT2D eigenvalue weighted by Crippen LogP contribution is -2.27. The normalized spacial score (nSPS) is 16.0. The first-order valence-corrected chi connectivity index (χ1v) is 9.31. The number of amides is 1. The van der Waals surface area contributed by atoms with E-state index < -0.39 is 5.97 Å². The second kappa shape index (κ2) is 8.69. The summed E-state index contributed by atoms with van der Waals surface area (Å²) in [4.78, 5) is 23.6. The van der Waals surface area contributed by atoms with Gasteiger partial charge in [-0.3, -0.25) is 9.59 Å². The molecule has 0 saturated carbocycles. The third-order valence-electron chi connectivity index (χ3n) is 4.83. The van der Waals surface area contributed by atoms with Crippen molar-refractivity contribution in [2.75, 3.05) is 7.11 Å². The Hall–Kier alpha value is -3.15. The molecule has 0 radical (unpaired) electrons. The number of carbonyl (C=O) groups excluding carboxylic acids is 1. The number of nitrogens with zero attached hydrogens (tertiary/aromatic N) is 2. The molecule has 0 bridgehead atoms. The van der Waals surface area contributed by atoms with E-state index in [2.05, 4.69) is 5.10 Å². The Bertz CT molecular complexity index is 890. The van der Waals surface area contributed by atoms with Gasteiger partial charge < -0.3 is 9.84 Å². The van der Waals surface area contributed by atoms with Crippen LogP contribution in [0.15, 0.2) is 53.6 Å². The van der Waals surface area contributed by atoms with Gasteiger partial charge in [0.05, 0.1) is 18.9 Å². The molecule has 1 N–H and O–H groups in total. The zero-order valence-corrected chi connectivity index (χ0v) is 16.1. The molecule has 146 valence electrons. The zero-order chi connectivity index (χ0) is 20.1. The highest BCUT2D eigenvalue weighted by atomic mass is 16.5. The van der Waals surface area contributed by atoms with E-state index in [1.807, 2.05) is 55.5 Å². The van der Waals surface area contributed by atoms with Crippen molar-refractivity contribution in [1.82, 2.24) is 5.01 Å². The maximum atomic E-state index is 12.8. The van der Waals surface area contributed by atoms with Gasteiger partial charge in [-0.05, 0) is 25.0 Å². The van der Waals surface area contributed by atoms with Crippen LogP contribution in [0.1, 0.15) is 48.4 Å². The van der Waals surface area contributed by atoms with E-state index in [0.717, 1.165) is 22.4 Å². The Labute approximate surface area is 164 Å². The molecule has 1 unspecified atom stereocenters. The highest BCUT2D eigenvalue weighted by molar-refractivity contribution is 6.03. The molecule has 0 saturated heterocycles. The first kappa shape index (κ1) is 19.6. The minimum Gasteiger partial charge on any atom is -0.496 e. The Kier molecular flexibility index (Phi) is 6.09. The zero-order valence-electron chi connectivity index (χ0n) is 16.1. The number of rotatable bonds is 7. The van der Waals surface area contributed by atoms with Crippen LogP contribution in [0, 0.1) is 6.92 Å². The highest BCUT2D eigenvalue weighted by Gasteiger charge is 2.34. The first-order valence-electron chi connectivity index (χ1n) is 9.31. The van der Waals surface area contributed by atoms with Gasteiger partial charge in [0.1, 0.15) is 5.75 Å². The van der Waals surface area contributed by atoms with E-state index >= 15 is 0 Å². The van der Waals surface area contributed by atoms with Gasteiger partial charge in [0.2, 0.25) is 5.91 Å². The molecule has 0 aliphatic carbocycles. The van der Waals surface area contributed by atoms with Crippen LogP contribution in [0.2, 0.25) is 0 Å². The Morgan fingerprint density at radius 2 is 1.86 bits per heavy atom. The maximum Gasteiger partial charge on any atom is 0.303 e. The Morgan fingerprint density at radius 1 is 1.14 bits per heavy atom.